The molecule has 0 unspecified atom stereocenters. The van der Waals surface area contributed by atoms with E-state index in [1.165, 1.54) is 12.2 Å². The number of aromatic nitrogens is 2. The lowest BCUT2D eigenvalue weighted by Gasteiger charge is -2.38. The minimum Gasteiger partial charge on any atom is -0.456 e. The van der Waals surface area contributed by atoms with Gasteiger partial charge in [0.2, 0.25) is 11.6 Å². The summed E-state index contributed by atoms with van der Waals surface area (Å²) in [6.07, 6.45) is 11.1. The molecule has 0 fully saturated rings. The van der Waals surface area contributed by atoms with Crippen molar-refractivity contribution in [3.05, 3.63) is 187 Å². The van der Waals surface area contributed by atoms with Gasteiger partial charge in [0.15, 0.2) is 84.4 Å². The number of rotatable bonds is 8. The molecule has 0 radical (unpaired) electrons. The third kappa shape index (κ3) is 8.56. The van der Waals surface area contributed by atoms with Crippen LogP contribution in [0.3, 0.4) is 0 Å². The van der Waals surface area contributed by atoms with Crippen LogP contribution in [0.4, 0.5) is 43.9 Å². The van der Waals surface area contributed by atoms with Crippen LogP contribution in [0.5, 0.6) is 11.5 Å². The summed E-state index contributed by atoms with van der Waals surface area (Å²) in [5, 5.41) is 0. The average Bonchev–Trinajstić information content (AvgIpc) is 3.24. The van der Waals surface area contributed by atoms with Crippen molar-refractivity contribution in [1.82, 2.24) is 0 Å². The Kier molecular flexibility index (Phi) is 12.0. The highest BCUT2D eigenvalue weighted by molar-refractivity contribution is 5.71. The van der Waals surface area contributed by atoms with Crippen LogP contribution in [0.25, 0.3) is 24.3 Å². The van der Waals surface area contributed by atoms with Gasteiger partial charge in [0.25, 0.3) is 0 Å². The Morgan fingerprint density at radius 2 is 0.750 bits per heavy atom. The number of ether oxygens (including phenoxy) is 1. The van der Waals surface area contributed by atoms with Crippen LogP contribution in [0, 0.1) is 58.2 Å². The van der Waals surface area contributed by atoms with Crippen LogP contribution in [-0.4, -0.2) is 0 Å². The number of pyridine rings is 2. The predicted molar refractivity (Wildman–Crippen MR) is 224 cm³/mol. The second-order valence-electron chi connectivity index (χ2n) is 18.5. The van der Waals surface area contributed by atoms with E-state index in [4.69, 9.17) is 4.74 Å². The van der Waals surface area contributed by atoms with E-state index in [0.717, 1.165) is 45.5 Å². The van der Waals surface area contributed by atoms with E-state index in [0.29, 0.717) is 35.7 Å². The summed E-state index contributed by atoms with van der Waals surface area (Å²) in [5.74, 6) is -18.9. The van der Waals surface area contributed by atoms with Crippen molar-refractivity contribution in [2.45, 2.75) is 84.7 Å². The molecule has 1 aliphatic rings. The fourth-order valence-electron chi connectivity index (χ4n) is 7.56. The number of halogens is 10. The Bertz CT molecular complexity index is 2640. The molecule has 1 aliphatic heterocycles. The topological polar surface area (TPSA) is 17.0 Å². The van der Waals surface area contributed by atoms with Crippen molar-refractivity contribution in [3.8, 4) is 11.5 Å². The van der Waals surface area contributed by atoms with E-state index in [1.54, 1.807) is 49.1 Å². The van der Waals surface area contributed by atoms with Crippen molar-refractivity contribution < 1.29 is 57.8 Å². The molecule has 0 saturated carbocycles. The molecule has 4 aromatic carbocycles. The molecule has 0 bridgehead atoms. The Labute approximate surface area is 364 Å². The quantitative estimate of drug-likeness (QED) is 0.0644. The normalized spacial score (nSPS) is 13.7. The first kappa shape index (κ1) is 45.8. The molecule has 7 rings (SSSR count). The maximum absolute atomic E-state index is 14.3. The lowest BCUT2D eigenvalue weighted by atomic mass is 9.70. The van der Waals surface area contributed by atoms with Gasteiger partial charge in [-0.3, -0.25) is 0 Å². The summed E-state index contributed by atoms with van der Waals surface area (Å²) in [7, 11) is 0. The molecule has 0 amide bonds. The zero-order valence-corrected chi connectivity index (χ0v) is 36.2. The number of hydrogen-bond acceptors (Lipinski definition) is 1. The van der Waals surface area contributed by atoms with Gasteiger partial charge in [-0.05, 0) is 57.4 Å². The van der Waals surface area contributed by atoms with Gasteiger partial charge in [0.05, 0.1) is 22.3 Å². The van der Waals surface area contributed by atoms with E-state index in [2.05, 4.69) is 79.7 Å². The lowest BCUT2D eigenvalue weighted by molar-refractivity contribution is -0.688. The van der Waals surface area contributed by atoms with Crippen molar-refractivity contribution in [1.29, 1.82) is 0 Å². The fraction of sp³-hybridized carbons (Fsp3) is 0.255. The molecule has 0 saturated heterocycles. The Hall–Kier alpha value is -6.24. The molecule has 6 aromatic rings. The van der Waals surface area contributed by atoms with E-state index < -0.39 is 74.7 Å². The third-order valence-corrected chi connectivity index (χ3v) is 11.5. The molecule has 13 heteroatoms. The SMILES string of the molecule is CC(C)(C)c1cc(C[n+]2ccc(/C=C/c3c(F)c(F)c(F)c(F)c3F)cc2)c2c(c1)C(C)(C)c1cc(C(C)(C)C)cc(C[n+]3ccc(/C=C/c4c(F)c(F)c(F)c(F)c4F)cc3)c1O2. The van der Waals surface area contributed by atoms with Crippen molar-refractivity contribution in [2.75, 3.05) is 0 Å². The molecule has 2 aromatic heterocycles. The summed E-state index contributed by atoms with van der Waals surface area (Å²) in [4.78, 5) is 0. The van der Waals surface area contributed by atoms with E-state index in [9.17, 15) is 43.9 Å². The largest absolute Gasteiger partial charge is 0.456 e. The van der Waals surface area contributed by atoms with Crippen LogP contribution in [-0.2, 0) is 29.3 Å². The van der Waals surface area contributed by atoms with Gasteiger partial charge in [-0.25, -0.2) is 53.0 Å². The van der Waals surface area contributed by atoms with Gasteiger partial charge in [0.1, 0.15) is 11.5 Å². The first-order valence-corrected chi connectivity index (χ1v) is 20.3. The zero-order chi connectivity index (χ0) is 46.8. The molecule has 3 heterocycles. The summed E-state index contributed by atoms with van der Waals surface area (Å²) in [5.41, 5.74) is 3.52. The Morgan fingerprint density at radius 1 is 0.453 bits per heavy atom. The van der Waals surface area contributed by atoms with E-state index in [-0.39, 0.29) is 10.8 Å². The standard InChI is InChI=1S/C51H44F10N2O/c1-49(2,3)31-21-29(25-62-17-13-27(14-18-62)9-11-33-37(52)41(56)45(60)42(57)38(33)53)47-35(23-31)51(7,8)36-24-32(50(4,5)6)22-30(48(36)64-47)26-63-19-15-28(16-20-63)10-12-34-39(54)43(58)46(61)44(59)40(34)55/h9-24H,25-26H2,1-8H3/q+2/b11-9+,12-10+. The Morgan fingerprint density at radius 3 is 1.05 bits per heavy atom. The number of benzene rings is 4. The maximum Gasteiger partial charge on any atom is 0.200 e. The second-order valence-corrected chi connectivity index (χ2v) is 18.5. The average molecular weight is 891 g/mol. The summed E-state index contributed by atoms with van der Waals surface area (Å²) in [6, 6.07) is 15.1. The van der Waals surface area contributed by atoms with Crippen LogP contribution in [0.1, 0.15) is 111 Å². The molecule has 64 heavy (non-hydrogen) atoms. The van der Waals surface area contributed by atoms with Crippen molar-refractivity contribution in [3.63, 3.8) is 0 Å². The molecule has 0 N–H and O–H groups in total. The van der Waals surface area contributed by atoms with Crippen molar-refractivity contribution in [2.24, 2.45) is 0 Å². The zero-order valence-electron chi connectivity index (χ0n) is 36.2. The monoisotopic (exact) mass is 890 g/mol. The van der Waals surface area contributed by atoms with Gasteiger partial charge in [-0.15, -0.1) is 0 Å². The molecule has 332 valence electrons. The minimum atomic E-state index is -2.23. The summed E-state index contributed by atoms with van der Waals surface area (Å²) >= 11 is 0. The smallest absolute Gasteiger partial charge is 0.200 e. The van der Waals surface area contributed by atoms with Gasteiger partial charge in [-0.1, -0.05) is 79.7 Å². The first-order valence-electron chi connectivity index (χ1n) is 20.3. The lowest BCUT2D eigenvalue weighted by Crippen LogP contribution is -2.36. The summed E-state index contributed by atoms with van der Waals surface area (Å²) < 4.78 is 150. The van der Waals surface area contributed by atoms with Gasteiger partial charge in [0, 0.05) is 40.8 Å². The van der Waals surface area contributed by atoms with Crippen LogP contribution in [0.2, 0.25) is 0 Å². The van der Waals surface area contributed by atoms with E-state index in [1.807, 2.05) is 9.13 Å². The van der Waals surface area contributed by atoms with Crippen molar-refractivity contribution >= 4 is 24.3 Å². The molecular formula is C51H44F10N2O+2. The summed E-state index contributed by atoms with van der Waals surface area (Å²) in [6.45, 7) is 17.7. The molecule has 0 aliphatic carbocycles. The number of nitrogens with zero attached hydrogens (tertiary/aromatic N) is 2. The highest BCUT2D eigenvalue weighted by Crippen LogP contribution is 2.52. The highest BCUT2D eigenvalue weighted by atomic mass is 19.2. The second kappa shape index (κ2) is 16.7. The van der Waals surface area contributed by atoms with Crippen LogP contribution >= 0.6 is 0 Å². The number of hydrogen-bond donors (Lipinski definition) is 0. The van der Waals surface area contributed by atoms with E-state index >= 15 is 0 Å². The fourth-order valence-corrected chi connectivity index (χ4v) is 7.56. The maximum atomic E-state index is 14.3. The Balaban J connectivity index is 1.24. The molecular weight excluding hydrogens is 847 g/mol. The third-order valence-electron chi connectivity index (χ3n) is 11.5. The first-order chi connectivity index (χ1) is 29.9. The van der Waals surface area contributed by atoms with Gasteiger partial charge >= 0.3 is 0 Å². The molecule has 0 spiro atoms. The van der Waals surface area contributed by atoms with Gasteiger partial charge < -0.3 is 4.74 Å². The van der Waals surface area contributed by atoms with Gasteiger partial charge in [-0.2, -0.15) is 0 Å². The molecule has 0 atom stereocenters. The predicted octanol–water partition coefficient (Wildman–Crippen LogP) is 13.1. The number of fused-ring (bicyclic) bond motifs is 2. The molecule has 3 nitrogen and oxygen atoms in total. The van der Waals surface area contributed by atoms with Crippen LogP contribution in [0.15, 0.2) is 73.3 Å². The van der Waals surface area contributed by atoms with Crippen LogP contribution < -0.4 is 13.9 Å². The highest BCUT2D eigenvalue weighted by Gasteiger charge is 2.40. The minimum absolute atomic E-state index is 0.257.